The van der Waals surface area contributed by atoms with Gasteiger partial charge in [-0.15, -0.1) is 0 Å². The van der Waals surface area contributed by atoms with Gasteiger partial charge in [0.05, 0.1) is 22.3 Å². The van der Waals surface area contributed by atoms with E-state index >= 15 is 0 Å². The Balaban J connectivity index is 2.00. The maximum Gasteiger partial charge on any atom is 0.227 e. The highest BCUT2D eigenvalue weighted by Gasteiger charge is 2.16. The smallest absolute Gasteiger partial charge is 0.227 e. The maximum absolute atomic E-state index is 9.34. The fourth-order valence-corrected chi connectivity index (χ4v) is 3.02. The number of phenolic OH excluding ortho intramolecular Hbond substituents is 1. The number of phenols is 1. The van der Waals surface area contributed by atoms with Crippen molar-refractivity contribution in [3.05, 3.63) is 41.7 Å². The van der Waals surface area contributed by atoms with Crippen molar-refractivity contribution in [2.45, 2.75) is 6.92 Å². The van der Waals surface area contributed by atoms with E-state index in [9.17, 15) is 10.4 Å². The lowest BCUT2D eigenvalue weighted by atomic mass is 10.2. The summed E-state index contributed by atoms with van der Waals surface area (Å²) < 4.78 is 0. The zero-order chi connectivity index (χ0) is 17.1. The summed E-state index contributed by atoms with van der Waals surface area (Å²) in [4.78, 5) is 13.9. The molecule has 120 valence electrons. The van der Waals surface area contributed by atoms with E-state index in [1.54, 1.807) is 31.3 Å². The fraction of sp³-hybridized carbons (Fsp3) is 0.125. The Kier molecular flexibility index (Phi) is 4.26. The largest absolute Gasteiger partial charge is 0.508 e. The number of nitrogens with zero attached hydrogens (tertiary/aromatic N) is 4. The number of anilines is 3. The lowest BCUT2D eigenvalue weighted by Crippen LogP contribution is -2.00. The second-order valence-electron chi connectivity index (χ2n) is 4.92. The van der Waals surface area contributed by atoms with E-state index in [4.69, 9.17) is 0 Å². The Bertz CT molecular complexity index is 913. The van der Waals surface area contributed by atoms with E-state index in [0.717, 1.165) is 21.4 Å². The maximum atomic E-state index is 9.34. The third-order valence-electron chi connectivity index (χ3n) is 3.26. The van der Waals surface area contributed by atoms with Crippen LogP contribution < -0.4 is 10.6 Å². The molecule has 3 N–H and O–H groups in total. The Morgan fingerprint density at radius 3 is 2.58 bits per heavy atom. The lowest BCUT2D eigenvalue weighted by Gasteiger charge is -2.07. The minimum absolute atomic E-state index is 0.182. The molecule has 0 saturated heterocycles. The van der Waals surface area contributed by atoms with Crippen LogP contribution in [0.1, 0.15) is 11.3 Å². The molecule has 2 aromatic heterocycles. The number of aryl methyl sites for hydroxylation is 1. The Hall–Kier alpha value is -3.18. The van der Waals surface area contributed by atoms with Crippen LogP contribution in [0, 0.1) is 18.3 Å². The van der Waals surface area contributed by atoms with E-state index in [1.165, 1.54) is 17.5 Å². The van der Waals surface area contributed by atoms with Crippen molar-refractivity contribution in [3.63, 3.8) is 0 Å². The summed E-state index contributed by atoms with van der Waals surface area (Å²) >= 11 is 1.43. The van der Waals surface area contributed by atoms with Crippen LogP contribution in [0.3, 0.4) is 0 Å². The molecule has 0 aliphatic carbocycles. The average molecular weight is 338 g/mol. The first-order valence-electron chi connectivity index (χ1n) is 7.09. The van der Waals surface area contributed by atoms with Crippen molar-refractivity contribution < 1.29 is 5.11 Å². The van der Waals surface area contributed by atoms with Crippen LogP contribution in [0.15, 0.2) is 30.5 Å². The van der Waals surface area contributed by atoms with Crippen LogP contribution in [0.25, 0.3) is 10.6 Å². The van der Waals surface area contributed by atoms with Gasteiger partial charge in [-0.1, -0.05) is 11.3 Å². The Morgan fingerprint density at radius 1 is 1.21 bits per heavy atom. The second kappa shape index (κ2) is 6.52. The van der Waals surface area contributed by atoms with Crippen LogP contribution >= 0.6 is 11.3 Å². The molecule has 0 amide bonds. The van der Waals surface area contributed by atoms with Crippen molar-refractivity contribution in [2.75, 3.05) is 17.7 Å². The summed E-state index contributed by atoms with van der Waals surface area (Å²) in [6.07, 6.45) is 1.49. The number of thiazole rings is 1. The SMILES string of the molecule is CNc1nc(C)c(-c2nc(Nc3ccc(O)cc3)ncc2C#N)s1. The molecule has 0 aliphatic rings. The normalized spacial score (nSPS) is 10.2. The Morgan fingerprint density at radius 2 is 1.96 bits per heavy atom. The van der Waals surface area contributed by atoms with Gasteiger partial charge < -0.3 is 15.7 Å². The standard InChI is InChI=1S/C16H14N6OS/c1-9-14(24-16(18-2)20-9)13-10(7-17)8-19-15(22-13)21-11-3-5-12(23)6-4-11/h3-6,8,23H,1-2H3,(H,18,20)(H,19,21,22). The molecule has 7 nitrogen and oxygen atoms in total. The number of hydrogen-bond acceptors (Lipinski definition) is 8. The highest BCUT2D eigenvalue weighted by Crippen LogP contribution is 2.33. The van der Waals surface area contributed by atoms with E-state index in [2.05, 4.69) is 31.7 Å². The van der Waals surface area contributed by atoms with Gasteiger partial charge >= 0.3 is 0 Å². The molecular formula is C16H14N6OS. The third-order valence-corrected chi connectivity index (χ3v) is 4.44. The highest BCUT2D eigenvalue weighted by molar-refractivity contribution is 7.19. The summed E-state index contributed by atoms with van der Waals surface area (Å²) in [6, 6.07) is 8.69. The molecule has 0 bridgehead atoms. The van der Waals surface area contributed by atoms with Gasteiger partial charge in [0.15, 0.2) is 5.13 Å². The molecule has 0 atom stereocenters. The predicted molar refractivity (Wildman–Crippen MR) is 93.5 cm³/mol. The summed E-state index contributed by atoms with van der Waals surface area (Å²) in [6.45, 7) is 1.88. The van der Waals surface area contributed by atoms with Gasteiger partial charge in [-0.3, -0.25) is 0 Å². The summed E-state index contributed by atoms with van der Waals surface area (Å²) in [5.41, 5.74) is 2.47. The van der Waals surface area contributed by atoms with Gasteiger partial charge in [-0.05, 0) is 31.2 Å². The summed E-state index contributed by atoms with van der Waals surface area (Å²) in [5.74, 6) is 0.551. The van der Waals surface area contributed by atoms with Crippen molar-refractivity contribution in [1.82, 2.24) is 15.0 Å². The van der Waals surface area contributed by atoms with Gasteiger partial charge in [0.2, 0.25) is 5.95 Å². The topological polar surface area (TPSA) is 107 Å². The van der Waals surface area contributed by atoms with Gasteiger partial charge in [-0.2, -0.15) is 5.26 Å². The number of rotatable bonds is 4. The molecule has 3 aromatic rings. The molecule has 0 aliphatic heterocycles. The van der Waals surface area contributed by atoms with Crippen LogP contribution in [0.2, 0.25) is 0 Å². The third kappa shape index (κ3) is 3.11. The fourth-order valence-electron chi connectivity index (χ4n) is 2.09. The van der Waals surface area contributed by atoms with Crippen LogP contribution in [0.4, 0.5) is 16.8 Å². The molecular weight excluding hydrogens is 324 g/mol. The molecule has 0 fully saturated rings. The van der Waals surface area contributed by atoms with Crippen LogP contribution in [-0.4, -0.2) is 27.1 Å². The predicted octanol–water partition coefficient (Wildman–Crippen LogP) is 3.27. The molecule has 0 unspecified atom stereocenters. The summed E-state index contributed by atoms with van der Waals surface area (Å²) in [7, 11) is 1.80. The van der Waals surface area contributed by atoms with Crippen LogP contribution in [-0.2, 0) is 0 Å². The monoisotopic (exact) mass is 338 g/mol. The van der Waals surface area contributed by atoms with Crippen molar-refractivity contribution in [1.29, 1.82) is 5.26 Å². The number of nitriles is 1. The van der Waals surface area contributed by atoms with Crippen molar-refractivity contribution >= 4 is 28.1 Å². The van der Waals surface area contributed by atoms with Crippen LogP contribution in [0.5, 0.6) is 5.75 Å². The molecule has 0 spiro atoms. The zero-order valence-electron chi connectivity index (χ0n) is 13.0. The van der Waals surface area contributed by atoms with E-state index < -0.39 is 0 Å². The molecule has 0 radical (unpaired) electrons. The first-order valence-corrected chi connectivity index (χ1v) is 7.91. The average Bonchev–Trinajstić information content (AvgIpc) is 2.98. The zero-order valence-corrected chi connectivity index (χ0v) is 13.8. The quantitative estimate of drug-likeness (QED) is 0.627. The number of aromatic nitrogens is 3. The van der Waals surface area contributed by atoms with Crippen molar-refractivity contribution in [2.24, 2.45) is 0 Å². The number of aromatic hydroxyl groups is 1. The van der Waals surface area contributed by atoms with Gasteiger partial charge in [0.1, 0.15) is 17.5 Å². The molecule has 24 heavy (non-hydrogen) atoms. The molecule has 2 heterocycles. The first kappa shape index (κ1) is 15.7. The van der Waals surface area contributed by atoms with Gasteiger partial charge in [0.25, 0.3) is 0 Å². The number of benzene rings is 1. The minimum Gasteiger partial charge on any atom is -0.508 e. The van der Waals surface area contributed by atoms with Gasteiger partial charge in [-0.25, -0.2) is 15.0 Å². The lowest BCUT2D eigenvalue weighted by molar-refractivity contribution is 0.475. The molecule has 3 rings (SSSR count). The van der Waals surface area contributed by atoms with Gasteiger partial charge in [0, 0.05) is 12.7 Å². The van der Waals surface area contributed by atoms with E-state index in [-0.39, 0.29) is 5.75 Å². The van der Waals surface area contributed by atoms with Crippen molar-refractivity contribution in [3.8, 4) is 22.4 Å². The molecule has 1 aromatic carbocycles. The Labute approximate surface area is 142 Å². The first-order chi connectivity index (χ1) is 11.6. The minimum atomic E-state index is 0.182. The second-order valence-corrected chi connectivity index (χ2v) is 5.92. The molecule has 8 heteroatoms. The molecule has 0 saturated carbocycles. The number of nitrogens with one attached hydrogen (secondary N) is 2. The van der Waals surface area contributed by atoms with E-state index in [0.29, 0.717) is 17.2 Å². The highest BCUT2D eigenvalue weighted by atomic mass is 32.1. The summed E-state index contributed by atoms with van der Waals surface area (Å²) in [5, 5.41) is 25.5. The van der Waals surface area contributed by atoms with E-state index in [1.807, 2.05) is 6.92 Å². The number of hydrogen-bond donors (Lipinski definition) is 3.